The number of anilines is 1. The van der Waals surface area contributed by atoms with Crippen molar-refractivity contribution in [3.05, 3.63) is 22.4 Å². The molecular formula is C15H22N4OS3. The topological polar surface area (TPSA) is 66.9 Å². The SMILES string of the molecule is CCCCCNC(=O)CSc1nnc(NCCc2cccs2)s1. The Morgan fingerprint density at radius 3 is 3.00 bits per heavy atom. The van der Waals surface area contributed by atoms with Gasteiger partial charge in [0.15, 0.2) is 4.34 Å². The highest BCUT2D eigenvalue weighted by atomic mass is 32.2. The fourth-order valence-corrected chi connectivity index (χ4v) is 4.18. The lowest BCUT2D eigenvalue weighted by Gasteiger charge is -2.02. The third kappa shape index (κ3) is 7.32. The number of rotatable bonds is 11. The lowest BCUT2D eigenvalue weighted by molar-refractivity contribution is -0.118. The normalized spacial score (nSPS) is 10.7. The van der Waals surface area contributed by atoms with Crippen LogP contribution in [0.25, 0.3) is 0 Å². The van der Waals surface area contributed by atoms with Gasteiger partial charge in [0.05, 0.1) is 5.75 Å². The van der Waals surface area contributed by atoms with Crippen LogP contribution < -0.4 is 10.6 Å². The Morgan fingerprint density at radius 1 is 1.30 bits per heavy atom. The number of hydrogen-bond donors (Lipinski definition) is 2. The van der Waals surface area contributed by atoms with E-state index < -0.39 is 0 Å². The molecule has 2 rings (SSSR count). The second-order valence-electron chi connectivity index (χ2n) is 4.97. The molecule has 126 valence electrons. The molecule has 0 aliphatic heterocycles. The van der Waals surface area contributed by atoms with Crippen molar-refractivity contribution in [1.29, 1.82) is 0 Å². The standard InChI is InChI=1S/C15H22N4OS3/c1-2-3-4-8-16-13(20)11-22-15-19-18-14(23-15)17-9-7-12-6-5-10-21-12/h5-6,10H,2-4,7-9,11H2,1H3,(H,16,20)(H,17,18). The van der Waals surface area contributed by atoms with Gasteiger partial charge >= 0.3 is 0 Å². The van der Waals surface area contributed by atoms with Gasteiger partial charge in [0.2, 0.25) is 11.0 Å². The molecule has 0 atom stereocenters. The van der Waals surface area contributed by atoms with Crippen molar-refractivity contribution in [2.45, 2.75) is 36.9 Å². The Labute approximate surface area is 149 Å². The van der Waals surface area contributed by atoms with E-state index in [9.17, 15) is 4.79 Å². The van der Waals surface area contributed by atoms with Crippen LogP contribution in [0.5, 0.6) is 0 Å². The Balaban J connectivity index is 1.61. The molecule has 0 spiro atoms. The van der Waals surface area contributed by atoms with Crippen LogP contribution in [-0.2, 0) is 11.2 Å². The number of nitrogens with zero attached hydrogens (tertiary/aromatic N) is 2. The first-order valence-electron chi connectivity index (χ1n) is 7.77. The number of carbonyl (C=O) groups is 1. The van der Waals surface area contributed by atoms with Crippen molar-refractivity contribution in [3.8, 4) is 0 Å². The van der Waals surface area contributed by atoms with Crippen LogP contribution in [-0.4, -0.2) is 34.9 Å². The number of thiophene rings is 1. The number of nitrogens with one attached hydrogen (secondary N) is 2. The zero-order valence-corrected chi connectivity index (χ0v) is 15.7. The van der Waals surface area contributed by atoms with Crippen molar-refractivity contribution >= 4 is 45.5 Å². The predicted octanol–water partition coefficient (Wildman–Crippen LogP) is 3.65. The van der Waals surface area contributed by atoms with E-state index in [2.05, 4.69) is 45.3 Å². The summed E-state index contributed by atoms with van der Waals surface area (Å²) in [4.78, 5) is 13.1. The molecule has 0 saturated heterocycles. The average Bonchev–Trinajstić information content (AvgIpc) is 3.21. The quantitative estimate of drug-likeness (QED) is 0.467. The van der Waals surface area contributed by atoms with E-state index in [1.165, 1.54) is 28.0 Å². The first-order chi connectivity index (χ1) is 11.3. The predicted molar refractivity (Wildman–Crippen MR) is 99.7 cm³/mol. The van der Waals surface area contributed by atoms with E-state index in [1.54, 1.807) is 11.3 Å². The Hall–Kier alpha value is -1.12. The Bertz CT molecular complexity index is 571. The number of aromatic nitrogens is 2. The minimum atomic E-state index is 0.0634. The highest BCUT2D eigenvalue weighted by Gasteiger charge is 2.07. The van der Waals surface area contributed by atoms with Gasteiger partial charge in [0.25, 0.3) is 0 Å². The zero-order chi connectivity index (χ0) is 16.3. The Kier molecular flexibility index (Phi) is 8.41. The van der Waals surface area contributed by atoms with Gasteiger partial charge in [-0.25, -0.2) is 0 Å². The molecule has 0 fully saturated rings. The molecule has 23 heavy (non-hydrogen) atoms. The molecule has 2 aromatic heterocycles. The molecule has 5 nitrogen and oxygen atoms in total. The van der Waals surface area contributed by atoms with E-state index in [0.29, 0.717) is 5.75 Å². The van der Waals surface area contributed by atoms with Gasteiger partial charge in [0.1, 0.15) is 0 Å². The summed E-state index contributed by atoms with van der Waals surface area (Å²) >= 11 is 4.70. The first-order valence-corrected chi connectivity index (χ1v) is 10.5. The molecule has 0 bridgehead atoms. The fraction of sp³-hybridized carbons (Fsp3) is 0.533. The molecule has 2 N–H and O–H groups in total. The third-order valence-corrected chi connectivity index (χ3v) is 6.01. The lowest BCUT2D eigenvalue weighted by Crippen LogP contribution is -2.26. The molecule has 0 aliphatic rings. The summed E-state index contributed by atoms with van der Waals surface area (Å²) in [6.07, 6.45) is 4.35. The number of amides is 1. The van der Waals surface area contributed by atoms with Crippen molar-refractivity contribution < 1.29 is 4.79 Å². The van der Waals surface area contributed by atoms with E-state index >= 15 is 0 Å². The summed E-state index contributed by atoms with van der Waals surface area (Å²) in [7, 11) is 0. The number of thioether (sulfide) groups is 1. The van der Waals surface area contributed by atoms with Crippen molar-refractivity contribution in [1.82, 2.24) is 15.5 Å². The lowest BCUT2D eigenvalue weighted by atomic mass is 10.2. The molecule has 0 unspecified atom stereocenters. The van der Waals surface area contributed by atoms with E-state index in [-0.39, 0.29) is 5.91 Å². The summed E-state index contributed by atoms with van der Waals surface area (Å²) in [5, 5.41) is 17.3. The molecule has 0 saturated carbocycles. The van der Waals surface area contributed by atoms with Gasteiger partial charge in [-0.15, -0.1) is 21.5 Å². The van der Waals surface area contributed by atoms with Gasteiger partial charge in [-0.2, -0.15) is 0 Å². The summed E-state index contributed by atoms with van der Waals surface area (Å²) in [5.74, 6) is 0.462. The minimum Gasteiger partial charge on any atom is -0.360 e. The first kappa shape index (κ1) is 18.2. The van der Waals surface area contributed by atoms with Gasteiger partial charge in [-0.3, -0.25) is 4.79 Å². The van der Waals surface area contributed by atoms with Gasteiger partial charge < -0.3 is 10.6 Å². The third-order valence-electron chi connectivity index (χ3n) is 3.06. The van der Waals surface area contributed by atoms with E-state index in [0.717, 1.165) is 48.2 Å². The number of hydrogen-bond acceptors (Lipinski definition) is 7. The monoisotopic (exact) mass is 370 g/mol. The molecular weight excluding hydrogens is 348 g/mol. The van der Waals surface area contributed by atoms with Crippen molar-refractivity contribution in [3.63, 3.8) is 0 Å². The molecule has 1 amide bonds. The summed E-state index contributed by atoms with van der Waals surface area (Å²) in [6.45, 7) is 3.76. The fourth-order valence-electron chi connectivity index (χ4n) is 1.87. The van der Waals surface area contributed by atoms with Gasteiger partial charge in [-0.05, 0) is 24.3 Å². The molecule has 0 aromatic carbocycles. The number of unbranched alkanes of at least 4 members (excludes halogenated alkanes) is 2. The maximum Gasteiger partial charge on any atom is 0.230 e. The zero-order valence-electron chi connectivity index (χ0n) is 13.2. The summed E-state index contributed by atoms with van der Waals surface area (Å²) in [6, 6.07) is 4.19. The van der Waals surface area contributed by atoms with Crippen LogP contribution in [0.2, 0.25) is 0 Å². The summed E-state index contributed by atoms with van der Waals surface area (Å²) in [5.41, 5.74) is 0. The van der Waals surface area contributed by atoms with Crippen molar-refractivity contribution in [2.24, 2.45) is 0 Å². The largest absolute Gasteiger partial charge is 0.360 e. The maximum absolute atomic E-state index is 11.7. The highest BCUT2D eigenvalue weighted by molar-refractivity contribution is 8.01. The summed E-state index contributed by atoms with van der Waals surface area (Å²) < 4.78 is 0.826. The van der Waals surface area contributed by atoms with Crippen LogP contribution in [0.3, 0.4) is 0 Å². The van der Waals surface area contributed by atoms with E-state index in [4.69, 9.17) is 0 Å². The van der Waals surface area contributed by atoms with Gasteiger partial charge in [0, 0.05) is 18.0 Å². The molecule has 8 heteroatoms. The van der Waals surface area contributed by atoms with Crippen LogP contribution in [0, 0.1) is 0 Å². The smallest absolute Gasteiger partial charge is 0.230 e. The molecule has 2 heterocycles. The van der Waals surface area contributed by atoms with E-state index in [1.807, 2.05) is 0 Å². The molecule has 0 radical (unpaired) electrons. The maximum atomic E-state index is 11.7. The van der Waals surface area contributed by atoms with Crippen LogP contribution in [0.4, 0.5) is 5.13 Å². The van der Waals surface area contributed by atoms with Crippen molar-refractivity contribution in [2.75, 3.05) is 24.2 Å². The highest BCUT2D eigenvalue weighted by Crippen LogP contribution is 2.25. The molecule has 2 aromatic rings. The van der Waals surface area contributed by atoms with Gasteiger partial charge in [-0.1, -0.05) is 48.9 Å². The van der Waals surface area contributed by atoms with Crippen LogP contribution >= 0.6 is 34.4 Å². The second kappa shape index (κ2) is 10.6. The average molecular weight is 371 g/mol. The van der Waals surface area contributed by atoms with Crippen LogP contribution in [0.15, 0.2) is 21.9 Å². The molecule has 0 aliphatic carbocycles. The van der Waals surface area contributed by atoms with Crippen LogP contribution in [0.1, 0.15) is 31.1 Å². The Morgan fingerprint density at radius 2 is 2.22 bits per heavy atom. The second-order valence-corrected chi connectivity index (χ2v) is 8.21. The minimum absolute atomic E-state index is 0.0634. The number of carbonyl (C=O) groups excluding carboxylic acids is 1.